The van der Waals surface area contributed by atoms with Crippen molar-refractivity contribution in [1.82, 2.24) is 15.3 Å². The van der Waals surface area contributed by atoms with Crippen molar-refractivity contribution in [2.75, 3.05) is 0 Å². The number of nitriles is 1. The first-order valence-electron chi connectivity index (χ1n) is 5.76. The number of aliphatic imine (C=N–C) groups is 1. The lowest BCUT2D eigenvalue weighted by atomic mass is 10.2. The van der Waals surface area contributed by atoms with Crippen molar-refractivity contribution in [3.63, 3.8) is 0 Å². The molecule has 0 spiro atoms. The number of rotatable bonds is 5. The van der Waals surface area contributed by atoms with E-state index >= 15 is 0 Å². The third-order valence-electron chi connectivity index (χ3n) is 2.30. The molecule has 21 heavy (non-hydrogen) atoms. The number of hydrogen-bond acceptors (Lipinski definition) is 5. The molecule has 0 aliphatic rings. The molecular formula is C13H9F2N5O. The molecule has 1 heterocycles. The first-order chi connectivity index (χ1) is 10.2. The molecule has 1 aromatic heterocycles. The van der Waals surface area contributed by atoms with Gasteiger partial charge in [0.2, 0.25) is 0 Å². The number of nitrogens with one attached hydrogen (secondary N) is 1. The highest BCUT2D eigenvalue weighted by Crippen LogP contribution is 2.16. The SMILES string of the molecule is N#CN/C=N/c1nc(OCc2ccc(F)cc2)ncc1F. The van der Waals surface area contributed by atoms with Gasteiger partial charge in [0.25, 0.3) is 0 Å². The lowest BCUT2D eigenvalue weighted by Crippen LogP contribution is -2.02. The van der Waals surface area contributed by atoms with Gasteiger partial charge in [-0.25, -0.2) is 18.8 Å². The molecule has 1 aromatic carbocycles. The molecule has 0 amide bonds. The van der Waals surface area contributed by atoms with Crippen LogP contribution in [0.2, 0.25) is 0 Å². The molecule has 0 saturated heterocycles. The van der Waals surface area contributed by atoms with Gasteiger partial charge in [0.1, 0.15) is 18.8 Å². The van der Waals surface area contributed by atoms with Gasteiger partial charge in [-0.1, -0.05) is 12.1 Å². The lowest BCUT2D eigenvalue weighted by molar-refractivity contribution is 0.279. The molecule has 2 rings (SSSR count). The van der Waals surface area contributed by atoms with Gasteiger partial charge in [0.05, 0.1) is 6.20 Å². The predicted octanol–water partition coefficient (Wildman–Crippen LogP) is 2.06. The lowest BCUT2D eigenvalue weighted by Gasteiger charge is -2.05. The number of benzene rings is 1. The Morgan fingerprint density at radius 2 is 2.10 bits per heavy atom. The van der Waals surface area contributed by atoms with Gasteiger partial charge in [-0.05, 0) is 17.7 Å². The fourth-order valence-electron chi connectivity index (χ4n) is 1.35. The zero-order valence-corrected chi connectivity index (χ0v) is 10.6. The molecular weight excluding hydrogens is 280 g/mol. The Labute approximate surface area is 118 Å². The standard InChI is InChI=1S/C13H9F2N5O/c14-10-3-1-9(2-4-10)6-21-13-18-5-11(15)12(20-13)19-8-17-7-16/h1-5,8H,6H2,(H,17,18,19,20). The second-order valence-electron chi connectivity index (χ2n) is 3.75. The van der Waals surface area contributed by atoms with E-state index in [-0.39, 0.29) is 24.3 Å². The average molecular weight is 289 g/mol. The summed E-state index contributed by atoms with van der Waals surface area (Å²) in [6.07, 6.45) is 3.50. The molecule has 0 unspecified atom stereocenters. The Morgan fingerprint density at radius 3 is 2.81 bits per heavy atom. The summed E-state index contributed by atoms with van der Waals surface area (Å²) in [5, 5.41) is 10.4. The van der Waals surface area contributed by atoms with Crippen LogP contribution in [0.3, 0.4) is 0 Å². The van der Waals surface area contributed by atoms with Gasteiger partial charge in [0, 0.05) is 0 Å². The number of ether oxygens (including phenoxy) is 1. The molecule has 0 radical (unpaired) electrons. The summed E-state index contributed by atoms with van der Waals surface area (Å²) in [6.45, 7) is 0.103. The molecule has 0 saturated carbocycles. The highest BCUT2D eigenvalue weighted by atomic mass is 19.1. The first kappa shape index (κ1) is 14.3. The Hall–Kier alpha value is -3.08. The molecule has 6 nitrogen and oxygen atoms in total. The molecule has 0 atom stereocenters. The van der Waals surface area contributed by atoms with Crippen molar-refractivity contribution >= 4 is 12.2 Å². The zero-order valence-electron chi connectivity index (χ0n) is 10.6. The van der Waals surface area contributed by atoms with Gasteiger partial charge < -0.3 is 4.74 Å². The summed E-state index contributed by atoms with van der Waals surface area (Å²) >= 11 is 0. The van der Waals surface area contributed by atoms with Crippen LogP contribution in [-0.4, -0.2) is 16.3 Å². The highest BCUT2D eigenvalue weighted by molar-refractivity contribution is 5.61. The van der Waals surface area contributed by atoms with Crippen molar-refractivity contribution in [3.8, 4) is 12.2 Å². The first-order valence-corrected chi connectivity index (χ1v) is 5.76. The van der Waals surface area contributed by atoms with Crippen LogP contribution in [0.15, 0.2) is 35.5 Å². The Balaban J connectivity index is 2.05. The van der Waals surface area contributed by atoms with Crippen LogP contribution < -0.4 is 10.1 Å². The van der Waals surface area contributed by atoms with Gasteiger partial charge in [-0.15, -0.1) is 0 Å². The summed E-state index contributed by atoms with van der Waals surface area (Å²) in [5.41, 5.74) is 0.709. The average Bonchev–Trinajstić information content (AvgIpc) is 2.49. The second-order valence-corrected chi connectivity index (χ2v) is 3.75. The van der Waals surface area contributed by atoms with Gasteiger partial charge >= 0.3 is 6.01 Å². The molecule has 0 bridgehead atoms. The van der Waals surface area contributed by atoms with E-state index in [0.29, 0.717) is 5.56 Å². The number of nitrogens with zero attached hydrogens (tertiary/aromatic N) is 4. The predicted molar refractivity (Wildman–Crippen MR) is 69.6 cm³/mol. The third-order valence-corrected chi connectivity index (χ3v) is 2.30. The van der Waals surface area contributed by atoms with Crippen LogP contribution in [0, 0.1) is 23.1 Å². The summed E-state index contributed by atoms with van der Waals surface area (Å²) in [5.74, 6) is -1.36. The maximum atomic E-state index is 13.4. The minimum absolute atomic E-state index is 0.0789. The van der Waals surface area contributed by atoms with Crippen LogP contribution >= 0.6 is 0 Å². The van der Waals surface area contributed by atoms with Crippen molar-refractivity contribution < 1.29 is 13.5 Å². The quantitative estimate of drug-likeness (QED) is 0.394. The molecule has 2 aromatic rings. The van der Waals surface area contributed by atoms with E-state index in [1.165, 1.54) is 12.1 Å². The van der Waals surface area contributed by atoms with Gasteiger partial charge in [-0.3, -0.25) is 5.32 Å². The van der Waals surface area contributed by atoms with Gasteiger partial charge in [0.15, 0.2) is 17.8 Å². The van der Waals surface area contributed by atoms with E-state index in [1.807, 2.05) is 0 Å². The molecule has 0 aliphatic carbocycles. The Bertz CT molecular complexity index is 682. The summed E-state index contributed by atoms with van der Waals surface area (Å²) in [7, 11) is 0. The minimum Gasteiger partial charge on any atom is -0.459 e. The highest BCUT2D eigenvalue weighted by Gasteiger charge is 2.06. The monoisotopic (exact) mass is 289 g/mol. The van der Waals surface area contributed by atoms with Crippen molar-refractivity contribution in [3.05, 3.63) is 47.7 Å². The molecule has 0 fully saturated rings. The third kappa shape index (κ3) is 4.21. The van der Waals surface area contributed by atoms with Crippen LogP contribution in [0.1, 0.15) is 5.56 Å². The smallest absolute Gasteiger partial charge is 0.318 e. The van der Waals surface area contributed by atoms with E-state index in [1.54, 1.807) is 18.3 Å². The van der Waals surface area contributed by atoms with Crippen LogP contribution in [0.4, 0.5) is 14.6 Å². The van der Waals surface area contributed by atoms with E-state index in [0.717, 1.165) is 12.5 Å². The maximum absolute atomic E-state index is 13.4. The summed E-state index contributed by atoms with van der Waals surface area (Å²) in [6, 6.07) is 5.62. The van der Waals surface area contributed by atoms with E-state index < -0.39 is 5.82 Å². The van der Waals surface area contributed by atoms with Crippen molar-refractivity contribution in [2.45, 2.75) is 6.61 Å². The Kier molecular flexibility index (Phi) is 4.71. The largest absolute Gasteiger partial charge is 0.459 e. The van der Waals surface area contributed by atoms with Crippen LogP contribution in [-0.2, 0) is 6.61 Å². The molecule has 0 aliphatic heterocycles. The molecule has 8 heteroatoms. The van der Waals surface area contributed by atoms with Crippen LogP contribution in [0.25, 0.3) is 0 Å². The fraction of sp³-hybridized carbons (Fsp3) is 0.0769. The summed E-state index contributed by atoms with van der Waals surface area (Å²) in [4.78, 5) is 11.0. The van der Waals surface area contributed by atoms with Crippen LogP contribution in [0.5, 0.6) is 6.01 Å². The zero-order chi connectivity index (χ0) is 15.1. The number of halogens is 2. The van der Waals surface area contributed by atoms with E-state index in [9.17, 15) is 8.78 Å². The summed E-state index contributed by atoms with van der Waals surface area (Å²) < 4.78 is 31.4. The number of hydrogen-bond donors (Lipinski definition) is 1. The second kappa shape index (κ2) is 6.91. The van der Waals surface area contributed by atoms with Crippen molar-refractivity contribution in [1.29, 1.82) is 5.26 Å². The normalized spacial score (nSPS) is 10.3. The van der Waals surface area contributed by atoms with Crippen molar-refractivity contribution in [2.24, 2.45) is 4.99 Å². The van der Waals surface area contributed by atoms with E-state index in [2.05, 4.69) is 20.3 Å². The Morgan fingerprint density at radius 1 is 1.33 bits per heavy atom. The molecule has 106 valence electrons. The fourth-order valence-corrected chi connectivity index (χ4v) is 1.35. The van der Waals surface area contributed by atoms with Gasteiger partial charge in [-0.2, -0.15) is 10.2 Å². The molecule has 1 N–H and O–H groups in total. The maximum Gasteiger partial charge on any atom is 0.318 e. The topological polar surface area (TPSA) is 83.2 Å². The van der Waals surface area contributed by atoms with E-state index in [4.69, 9.17) is 10.00 Å². The number of aromatic nitrogens is 2. The minimum atomic E-state index is -0.750.